The Kier molecular flexibility index (Phi) is 3.71. The lowest BCUT2D eigenvalue weighted by atomic mass is 9.71. The maximum Gasteiger partial charge on any atom is 0.0691 e. The molecule has 78 valence electrons. The average molecular weight is 187 g/mol. The first kappa shape index (κ1) is 11.0. The average Bonchev–Trinajstić information content (AvgIpc) is 1.79. The molecule has 0 aromatic heterocycles. The molecule has 0 unspecified atom stereocenters. The van der Waals surface area contributed by atoms with Crippen LogP contribution in [0.3, 0.4) is 0 Å². The van der Waals surface area contributed by atoms with E-state index >= 15 is 0 Å². The fourth-order valence-electron chi connectivity index (χ4n) is 1.98. The zero-order valence-corrected chi connectivity index (χ0v) is 8.58. The summed E-state index contributed by atoms with van der Waals surface area (Å²) in [5.74, 6) is 0.402. The van der Waals surface area contributed by atoms with Gasteiger partial charge in [0.15, 0.2) is 0 Å². The van der Waals surface area contributed by atoms with Crippen molar-refractivity contribution in [1.29, 1.82) is 0 Å². The van der Waals surface area contributed by atoms with Crippen LogP contribution in [-0.2, 0) is 0 Å². The zero-order valence-electron chi connectivity index (χ0n) is 8.58. The fraction of sp³-hybridized carbons (Fsp3) is 1.00. The van der Waals surface area contributed by atoms with Crippen LogP contribution in [0.1, 0.15) is 32.6 Å². The fourth-order valence-corrected chi connectivity index (χ4v) is 1.98. The van der Waals surface area contributed by atoms with Gasteiger partial charge in [0.25, 0.3) is 0 Å². The van der Waals surface area contributed by atoms with E-state index in [4.69, 9.17) is 0 Å². The van der Waals surface area contributed by atoms with Gasteiger partial charge in [-0.1, -0.05) is 6.42 Å². The number of hydrogen-bond donors (Lipinski definition) is 3. The van der Waals surface area contributed by atoms with Crippen LogP contribution >= 0.6 is 0 Å². The minimum atomic E-state index is -0.672. The Morgan fingerprint density at radius 2 is 2.15 bits per heavy atom. The van der Waals surface area contributed by atoms with Gasteiger partial charge in [-0.2, -0.15) is 0 Å². The molecule has 1 saturated carbocycles. The molecule has 2 atom stereocenters. The summed E-state index contributed by atoms with van der Waals surface area (Å²) >= 11 is 0. The largest absolute Gasteiger partial charge is 0.392 e. The van der Waals surface area contributed by atoms with E-state index in [0.717, 1.165) is 12.8 Å². The minimum absolute atomic E-state index is 0.402. The van der Waals surface area contributed by atoms with E-state index in [9.17, 15) is 10.2 Å². The van der Waals surface area contributed by atoms with Crippen LogP contribution in [-0.4, -0.2) is 35.5 Å². The highest BCUT2D eigenvalue weighted by molar-refractivity contribution is 4.89. The smallest absolute Gasteiger partial charge is 0.0691 e. The van der Waals surface area contributed by atoms with Gasteiger partial charge in [-0.05, 0) is 32.7 Å². The highest BCUT2D eigenvalue weighted by Crippen LogP contribution is 2.38. The second kappa shape index (κ2) is 4.40. The van der Waals surface area contributed by atoms with Crippen LogP contribution in [0.2, 0.25) is 0 Å². The summed E-state index contributed by atoms with van der Waals surface area (Å²) in [6.45, 7) is 2.40. The third kappa shape index (κ3) is 2.93. The maximum absolute atomic E-state index is 10.0. The van der Waals surface area contributed by atoms with Crippen LogP contribution in [0.4, 0.5) is 0 Å². The van der Waals surface area contributed by atoms with Crippen molar-refractivity contribution in [3.63, 3.8) is 0 Å². The normalized spacial score (nSPS) is 24.9. The summed E-state index contributed by atoms with van der Waals surface area (Å²) < 4.78 is 0. The molecule has 0 radical (unpaired) electrons. The SMILES string of the molecule is CNC[C@H](O)C[C@](C)(O)C1CCC1. The summed E-state index contributed by atoms with van der Waals surface area (Å²) in [6.07, 6.45) is 3.50. The molecule has 0 heterocycles. The van der Waals surface area contributed by atoms with Crippen LogP contribution in [0.25, 0.3) is 0 Å². The molecule has 1 rings (SSSR count). The minimum Gasteiger partial charge on any atom is -0.392 e. The van der Waals surface area contributed by atoms with Gasteiger partial charge in [-0.25, -0.2) is 0 Å². The lowest BCUT2D eigenvalue weighted by Gasteiger charge is -2.40. The first-order valence-corrected chi connectivity index (χ1v) is 5.11. The second-order valence-electron chi connectivity index (χ2n) is 4.40. The Bertz CT molecular complexity index is 155. The topological polar surface area (TPSA) is 52.5 Å². The van der Waals surface area contributed by atoms with Crippen molar-refractivity contribution in [3.8, 4) is 0 Å². The first-order chi connectivity index (χ1) is 6.06. The monoisotopic (exact) mass is 187 g/mol. The van der Waals surface area contributed by atoms with Crippen molar-refractivity contribution in [2.45, 2.75) is 44.3 Å². The molecule has 3 nitrogen and oxygen atoms in total. The number of nitrogens with one attached hydrogen (secondary N) is 1. The lowest BCUT2D eigenvalue weighted by Crippen LogP contribution is -2.43. The van der Waals surface area contributed by atoms with Crippen molar-refractivity contribution in [2.24, 2.45) is 5.92 Å². The third-order valence-corrected chi connectivity index (χ3v) is 3.07. The maximum atomic E-state index is 10.0. The molecule has 0 spiro atoms. The van der Waals surface area contributed by atoms with Gasteiger partial charge in [-0.3, -0.25) is 0 Å². The molecule has 0 aromatic rings. The molecule has 0 bridgehead atoms. The highest BCUT2D eigenvalue weighted by Gasteiger charge is 2.37. The van der Waals surface area contributed by atoms with E-state index in [1.165, 1.54) is 6.42 Å². The number of aliphatic hydroxyl groups is 2. The van der Waals surface area contributed by atoms with Gasteiger partial charge in [0.05, 0.1) is 11.7 Å². The summed E-state index contributed by atoms with van der Waals surface area (Å²) in [7, 11) is 1.81. The van der Waals surface area contributed by atoms with Crippen molar-refractivity contribution < 1.29 is 10.2 Å². The molecule has 13 heavy (non-hydrogen) atoms. The van der Waals surface area contributed by atoms with Crippen molar-refractivity contribution in [1.82, 2.24) is 5.32 Å². The Hall–Kier alpha value is -0.120. The zero-order chi connectivity index (χ0) is 9.90. The Morgan fingerprint density at radius 1 is 1.54 bits per heavy atom. The van der Waals surface area contributed by atoms with E-state index in [2.05, 4.69) is 5.32 Å². The van der Waals surface area contributed by atoms with E-state index in [-0.39, 0.29) is 0 Å². The molecule has 3 heteroatoms. The summed E-state index contributed by atoms with van der Waals surface area (Å²) in [4.78, 5) is 0. The van der Waals surface area contributed by atoms with Gasteiger partial charge in [0, 0.05) is 13.0 Å². The molecule has 0 aromatic carbocycles. The molecule has 1 fully saturated rings. The number of likely N-dealkylation sites (N-methyl/N-ethyl adjacent to an activating group) is 1. The van der Waals surface area contributed by atoms with Gasteiger partial charge >= 0.3 is 0 Å². The Balaban J connectivity index is 2.31. The van der Waals surface area contributed by atoms with Crippen molar-refractivity contribution in [3.05, 3.63) is 0 Å². The van der Waals surface area contributed by atoms with E-state index < -0.39 is 11.7 Å². The molecule has 1 aliphatic rings. The van der Waals surface area contributed by atoms with Crippen molar-refractivity contribution in [2.75, 3.05) is 13.6 Å². The predicted molar refractivity (Wildman–Crippen MR) is 52.5 cm³/mol. The van der Waals surface area contributed by atoms with Crippen LogP contribution in [0.5, 0.6) is 0 Å². The molecule has 0 saturated heterocycles. The first-order valence-electron chi connectivity index (χ1n) is 5.11. The van der Waals surface area contributed by atoms with Gasteiger partial charge in [-0.15, -0.1) is 0 Å². The molecule has 1 aliphatic carbocycles. The van der Waals surface area contributed by atoms with Crippen molar-refractivity contribution >= 4 is 0 Å². The van der Waals surface area contributed by atoms with Crippen LogP contribution in [0.15, 0.2) is 0 Å². The number of hydrogen-bond acceptors (Lipinski definition) is 3. The summed E-state index contributed by atoms with van der Waals surface area (Å²) in [5.41, 5.74) is -0.672. The molecule has 0 aliphatic heterocycles. The van der Waals surface area contributed by atoms with Gasteiger partial charge in [0.1, 0.15) is 0 Å². The van der Waals surface area contributed by atoms with E-state index in [1.807, 2.05) is 6.92 Å². The molecular weight excluding hydrogens is 166 g/mol. The van der Waals surface area contributed by atoms with E-state index in [1.54, 1.807) is 7.05 Å². The lowest BCUT2D eigenvalue weighted by molar-refractivity contribution is -0.0663. The number of aliphatic hydroxyl groups excluding tert-OH is 1. The molecule has 0 amide bonds. The summed E-state index contributed by atoms with van der Waals surface area (Å²) in [5, 5.41) is 22.5. The standard InChI is InChI=1S/C10H21NO2/c1-10(13,8-4-3-5-8)6-9(12)7-11-2/h8-9,11-13H,3-7H2,1-2H3/t9-,10+/m1/s1. The highest BCUT2D eigenvalue weighted by atomic mass is 16.3. The summed E-state index contributed by atoms with van der Waals surface area (Å²) in [6, 6.07) is 0. The molecule has 3 N–H and O–H groups in total. The number of rotatable bonds is 5. The second-order valence-corrected chi connectivity index (χ2v) is 4.40. The van der Waals surface area contributed by atoms with Gasteiger partial charge in [0.2, 0.25) is 0 Å². The molecular formula is C10H21NO2. The Morgan fingerprint density at radius 3 is 2.54 bits per heavy atom. The Labute approximate surface area is 80.2 Å². The predicted octanol–water partition coefficient (Wildman–Crippen LogP) is 0.508. The quantitative estimate of drug-likeness (QED) is 0.588. The third-order valence-electron chi connectivity index (χ3n) is 3.07. The van der Waals surface area contributed by atoms with Gasteiger partial charge < -0.3 is 15.5 Å². The van der Waals surface area contributed by atoms with E-state index in [0.29, 0.717) is 18.9 Å². The van der Waals surface area contributed by atoms with Crippen LogP contribution < -0.4 is 5.32 Å². The van der Waals surface area contributed by atoms with Crippen LogP contribution in [0, 0.1) is 5.92 Å².